The average molecular weight is 313 g/mol. The normalized spacial score (nSPS) is 19.2. The van der Waals surface area contributed by atoms with Gasteiger partial charge in [0.05, 0.1) is 4.90 Å². The summed E-state index contributed by atoms with van der Waals surface area (Å²) in [6, 6.07) is 3.53. The van der Waals surface area contributed by atoms with Gasteiger partial charge in [-0.3, -0.25) is 0 Å². The Morgan fingerprint density at radius 2 is 2.14 bits per heavy atom. The highest BCUT2D eigenvalue weighted by Crippen LogP contribution is 2.34. The van der Waals surface area contributed by atoms with Gasteiger partial charge in [0.15, 0.2) is 0 Å². The fourth-order valence-corrected chi connectivity index (χ4v) is 3.90. The molecule has 0 amide bonds. The Kier molecular flexibility index (Phi) is 4.75. The van der Waals surface area contributed by atoms with Crippen LogP contribution in [0.25, 0.3) is 0 Å². The summed E-state index contributed by atoms with van der Waals surface area (Å²) in [6.45, 7) is 2.79. The minimum atomic E-state index is -3.79. The Morgan fingerprint density at radius 3 is 2.76 bits per heavy atom. The summed E-state index contributed by atoms with van der Waals surface area (Å²) in [6.07, 6.45) is 3.72. The molecule has 7 heteroatoms. The van der Waals surface area contributed by atoms with Crippen molar-refractivity contribution in [3.63, 3.8) is 0 Å². The summed E-state index contributed by atoms with van der Waals surface area (Å²) in [5.74, 6) is 0. The predicted molar refractivity (Wildman–Crippen MR) is 83.7 cm³/mol. The molecule has 1 aromatic carbocycles. The molecule has 0 radical (unpaired) electrons. The van der Waals surface area contributed by atoms with Crippen LogP contribution >= 0.6 is 0 Å². The zero-order valence-corrected chi connectivity index (χ0v) is 13.1. The standard InChI is InChI=1S/C14H23N3O3S/c1-10-13(8-11(15)9-14(10)21(16,19)20)17-6-2-4-12(17)5-3-7-18/h8-9,12,18H,2-7,15H2,1H3,(H2,16,19,20). The zero-order chi connectivity index (χ0) is 15.6. The predicted octanol–water partition coefficient (Wildman–Crippen LogP) is 0.966. The molecule has 1 aliphatic rings. The van der Waals surface area contributed by atoms with Gasteiger partial charge in [0.25, 0.3) is 0 Å². The topological polar surface area (TPSA) is 110 Å². The Bertz CT molecular complexity index is 616. The first-order valence-corrected chi connectivity index (χ1v) is 8.69. The molecule has 1 unspecified atom stereocenters. The molecular formula is C14H23N3O3S. The first-order valence-electron chi connectivity index (χ1n) is 7.15. The van der Waals surface area contributed by atoms with Crippen LogP contribution in [0.1, 0.15) is 31.2 Å². The van der Waals surface area contributed by atoms with E-state index >= 15 is 0 Å². The number of rotatable bonds is 5. The maximum atomic E-state index is 11.7. The zero-order valence-electron chi connectivity index (χ0n) is 12.2. The number of sulfonamides is 1. The van der Waals surface area contributed by atoms with Crippen LogP contribution in [0.3, 0.4) is 0 Å². The van der Waals surface area contributed by atoms with Gasteiger partial charge >= 0.3 is 0 Å². The van der Waals surface area contributed by atoms with Crippen LogP contribution in [0, 0.1) is 6.92 Å². The Balaban J connectivity index is 2.41. The van der Waals surface area contributed by atoms with E-state index < -0.39 is 10.0 Å². The number of anilines is 2. The third-order valence-corrected chi connectivity index (χ3v) is 5.08. The molecular weight excluding hydrogens is 290 g/mol. The van der Waals surface area contributed by atoms with Crippen LogP contribution in [0.4, 0.5) is 11.4 Å². The molecule has 21 heavy (non-hydrogen) atoms. The highest BCUT2D eigenvalue weighted by atomic mass is 32.2. The van der Waals surface area contributed by atoms with E-state index in [1.54, 1.807) is 13.0 Å². The second kappa shape index (κ2) is 6.21. The Labute approximate surface area is 125 Å². The van der Waals surface area contributed by atoms with Crippen molar-refractivity contribution in [1.82, 2.24) is 0 Å². The van der Waals surface area contributed by atoms with Gasteiger partial charge in [-0.2, -0.15) is 0 Å². The van der Waals surface area contributed by atoms with Gasteiger partial charge in [-0.05, 0) is 50.3 Å². The minimum absolute atomic E-state index is 0.0882. The van der Waals surface area contributed by atoms with Crippen LogP contribution in [-0.4, -0.2) is 32.7 Å². The average Bonchev–Trinajstić information content (AvgIpc) is 2.85. The molecule has 6 nitrogen and oxygen atoms in total. The van der Waals surface area contributed by atoms with E-state index in [0.717, 1.165) is 37.9 Å². The molecule has 1 fully saturated rings. The quantitative estimate of drug-likeness (QED) is 0.702. The van der Waals surface area contributed by atoms with Crippen molar-refractivity contribution in [2.75, 3.05) is 23.8 Å². The minimum Gasteiger partial charge on any atom is -0.399 e. The molecule has 1 aromatic rings. The second-order valence-electron chi connectivity index (χ2n) is 5.56. The number of hydrogen-bond donors (Lipinski definition) is 3. The van der Waals surface area contributed by atoms with E-state index in [1.165, 1.54) is 6.07 Å². The summed E-state index contributed by atoms with van der Waals surface area (Å²) in [7, 11) is -3.79. The molecule has 1 atom stereocenters. The maximum absolute atomic E-state index is 11.7. The van der Waals surface area contributed by atoms with Crippen molar-refractivity contribution in [2.45, 2.75) is 43.5 Å². The van der Waals surface area contributed by atoms with Gasteiger partial charge in [0.2, 0.25) is 10.0 Å². The van der Waals surface area contributed by atoms with E-state index in [4.69, 9.17) is 16.0 Å². The van der Waals surface area contributed by atoms with Crippen molar-refractivity contribution >= 4 is 21.4 Å². The van der Waals surface area contributed by atoms with E-state index in [0.29, 0.717) is 17.3 Å². The molecule has 118 valence electrons. The molecule has 1 heterocycles. The van der Waals surface area contributed by atoms with Crippen molar-refractivity contribution in [3.05, 3.63) is 17.7 Å². The molecule has 1 saturated heterocycles. The van der Waals surface area contributed by atoms with E-state index in [9.17, 15) is 8.42 Å². The van der Waals surface area contributed by atoms with Gasteiger partial charge in [0.1, 0.15) is 0 Å². The van der Waals surface area contributed by atoms with Gasteiger partial charge in [-0.15, -0.1) is 0 Å². The molecule has 0 spiro atoms. The SMILES string of the molecule is Cc1c(N2CCCC2CCCO)cc(N)cc1S(N)(=O)=O. The summed E-state index contributed by atoms with van der Waals surface area (Å²) >= 11 is 0. The van der Waals surface area contributed by atoms with Crippen LogP contribution in [0.15, 0.2) is 17.0 Å². The lowest BCUT2D eigenvalue weighted by Gasteiger charge is -2.29. The van der Waals surface area contributed by atoms with Gasteiger partial charge in [-0.25, -0.2) is 13.6 Å². The number of nitrogen functional groups attached to an aromatic ring is 1. The lowest BCUT2D eigenvalue weighted by Crippen LogP contribution is -2.30. The number of benzene rings is 1. The van der Waals surface area contributed by atoms with E-state index in [-0.39, 0.29) is 11.5 Å². The molecule has 0 saturated carbocycles. The monoisotopic (exact) mass is 313 g/mol. The number of primary sulfonamides is 1. The molecule has 1 aliphatic heterocycles. The van der Waals surface area contributed by atoms with Crippen molar-refractivity contribution in [2.24, 2.45) is 5.14 Å². The van der Waals surface area contributed by atoms with Crippen molar-refractivity contribution in [3.8, 4) is 0 Å². The van der Waals surface area contributed by atoms with Crippen molar-refractivity contribution in [1.29, 1.82) is 0 Å². The fraction of sp³-hybridized carbons (Fsp3) is 0.571. The Hall–Kier alpha value is -1.31. The molecule has 0 aliphatic carbocycles. The second-order valence-corrected chi connectivity index (χ2v) is 7.09. The Morgan fingerprint density at radius 1 is 1.43 bits per heavy atom. The highest BCUT2D eigenvalue weighted by molar-refractivity contribution is 7.89. The third-order valence-electron chi connectivity index (χ3n) is 4.04. The largest absolute Gasteiger partial charge is 0.399 e. The molecule has 0 bridgehead atoms. The van der Waals surface area contributed by atoms with Crippen LogP contribution in [0.5, 0.6) is 0 Å². The summed E-state index contributed by atoms with van der Waals surface area (Å²) in [5, 5.41) is 14.3. The summed E-state index contributed by atoms with van der Waals surface area (Å²) in [4.78, 5) is 2.28. The van der Waals surface area contributed by atoms with Gasteiger partial charge in [-0.1, -0.05) is 0 Å². The van der Waals surface area contributed by atoms with E-state index in [2.05, 4.69) is 4.90 Å². The van der Waals surface area contributed by atoms with Crippen LogP contribution in [0.2, 0.25) is 0 Å². The first-order chi connectivity index (χ1) is 9.84. The highest BCUT2D eigenvalue weighted by Gasteiger charge is 2.27. The number of nitrogens with two attached hydrogens (primary N) is 2. The fourth-order valence-electron chi connectivity index (χ4n) is 3.07. The van der Waals surface area contributed by atoms with Gasteiger partial charge in [0, 0.05) is 30.6 Å². The molecule has 2 rings (SSSR count). The number of nitrogens with zero attached hydrogens (tertiary/aromatic N) is 1. The van der Waals surface area contributed by atoms with Crippen LogP contribution in [-0.2, 0) is 10.0 Å². The lowest BCUT2D eigenvalue weighted by atomic mass is 10.1. The smallest absolute Gasteiger partial charge is 0.238 e. The van der Waals surface area contributed by atoms with Crippen LogP contribution < -0.4 is 15.8 Å². The number of aliphatic hydroxyl groups excluding tert-OH is 1. The summed E-state index contributed by atoms with van der Waals surface area (Å²) < 4.78 is 23.4. The lowest BCUT2D eigenvalue weighted by molar-refractivity contribution is 0.279. The molecule has 0 aromatic heterocycles. The number of hydrogen-bond acceptors (Lipinski definition) is 5. The summed E-state index contributed by atoms with van der Waals surface area (Å²) in [5.41, 5.74) is 7.72. The third kappa shape index (κ3) is 3.48. The van der Waals surface area contributed by atoms with Crippen molar-refractivity contribution < 1.29 is 13.5 Å². The number of aliphatic hydroxyl groups is 1. The molecule has 5 N–H and O–H groups in total. The maximum Gasteiger partial charge on any atom is 0.238 e. The van der Waals surface area contributed by atoms with E-state index in [1.807, 2.05) is 0 Å². The first kappa shape index (κ1) is 16.1. The van der Waals surface area contributed by atoms with Gasteiger partial charge < -0.3 is 15.7 Å².